The van der Waals surface area contributed by atoms with Gasteiger partial charge in [-0.2, -0.15) is 0 Å². The number of amides is 1. The highest BCUT2D eigenvalue weighted by atomic mass is 16.5. The predicted octanol–water partition coefficient (Wildman–Crippen LogP) is 0.293. The second-order valence-corrected chi connectivity index (χ2v) is 5.93. The molecule has 2 rings (SSSR count). The number of carbonyl (C=O) groups is 1. The Balaban J connectivity index is 1.83. The Morgan fingerprint density at radius 2 is 1.74 bits per heavy atom. The molecule has 2 N–H and O–H groups in total. The monoisotopic (exact) mass is 269 g/mol. The molecule has 2 saturated heterocycles. The van der Waals surface area contributed by atoms with Gasteiger partial charge in [0.1, 0.15) is 0 Å². The van der Waals surface area contributed by atoms with Crippen molar-refractivity contribution in [3.8, 4) is 0 Å². The minimum absolute atomic E-state index is 0.135. The van der Waals surface area contributed by atoms with Crippen LogP contribution in [-0.2, 0) is 9.53 Å². The predicted molar refractivity (Wildman–Crippen MR) is 74.8 cm³/mol. The molecule has 0 bridgehead atoms. The van der Waals surface area contributed by atoms with Crippen LogP contribution in [0.2, 0.25) is 0 Å². The number of hydrogen-bond acceptors (Lipinski definition) is 4. The van der Waals surface area contributed by atoms with Gasteiger partial charge in [-0.05, 0) is 32.6 Å². The molecule has 0 aromatic heterocycles. The third-order valence-corrected chi connectivity index (χ3v) is 4.42. The number of ether oxygens (including phenoxy) is 1. The van der Waals surface area contributed by atoms with Crippen LogP contribution < -0.4 is 5.73 Å². The molecule has 2 aliphatic rings. The molecule has 0 saturated carbocycles. The van der Waals surface area contributed by atoms with E-state index in [9.17, 15) is 4.79 Å². The van der Waals surface area contributed by atoms with Gasteiger partial charge in [-0.1, -0.05) is 0 Å². The number of piperazine rings is 1. The first-order valence-electron chi connectivity index (χ1n) is 7.45. The smallest absolute Gasteiger partial charge is 0.239 e. The zero-order valence-electron chi connectivity index (χ0n) is 12.2. The second-order valence-electron chi connectivity index (χ2n) is 5.93. The van der Waals surface area contributed by atoms with E-state index < -0.39 is 0 Å². The molecule has 0 radical (unpaired) electrons. The maximum absolute atomic E-state index is 12.4. The lowest BCUT2D eigenvalue weighted by atomic mass is 9.91. The highest BCUT2D eigenvalue weighted by Crippen LogP contribution is 2.19. The molecule has 2 aliphatic heterocycles. The van der Waals surface area contributed by atoms with Crippen LogP contribution in [0.25, 0.3) is 0 Å². The molecule has 1 unspecified atom stereocenters. The van der Waals surface area contributed by atoms with Crippen molar-refractivity contribution in [3.63, 3.8) is 0 Å². The number of hydrogen-bond donors (Lipinski definition) is 1. The first-order valence-corrected chi connectivity index (χ1v) is 7.45. The number of nitrogens with two attached hydrogens (primary N) is 1. The SMILES string of the molecule is CC(C)N1CCN(C(=O)C(N)C2CCOCC2)CC1. The van der Waals surface area contributed by atoms with Crippen molar-refractivity contribution in [2.45, 2.75) is 38.8 Å². The highest BCUT2D eigenvalue weighted by Gasteiger charge is 2.31. The van der Waals surface area contributed by atoms with Gasteiger partial charge in [0.2, 0.25) is 5.91 Å². The summed E-state index contributed by atoms with van der Waals surface area (Å²) in [5.41, 5.74) is 6.16. The number of nitrogens with zero attached hydrogens (tertiary/aromatic N) is 2. The fourth-order valence-corrected chi connectivity index (χ4v) is 2.95. The Morgan fingerprint density at radius 1 is 1.16 bits per heavy atom. The number of rotatable bonds is 3. The van der Waals surface area contributed by atoms with Crippen molar-refractivity contribution in [1.82, 2.24) is 9.80 Å². The van der Waals surface area contributed by atoms with Gasteiger partial charge in [-0.3, -0.25) is 9.69 Å². The number of carbonyl (C=O) groups excluding carboxylic acids is 1. The summed E-state index contributed by atoms with van der Waals surface area (Å²) in [7, 11) is 0. The Morgan fingerprint density at radius 3 is 2.26 bits per heavy atom. The molecule has 5 nitrogen and oxygen atoms in total. The highest BCUT2D eigenvalue weighted by molar-refractivity contribution is 5.82. The lowest BCUT2D eigenvalue weighted by molar-refractivity contribution is -0.136. The summed E-state index contributed by atoms with van der Waals surface area (Å²) in [5.74, 6) is 0.430. The quantitative estimate of drug-likeness (QED) is 0.800. The average Bonchev–Trinajstić information content (AvgIpc) is 2.46. The fourth-order valence-electron chi connectivity index (χ4n) is 2.95. The van der Waals surface area contributed by atoms with Crippen LogP contribution in [0.3, 0.4) is 0 Å². The van der Waals surface area contributed by atoms with Gasteiger partial charge in [-0.25, -0.2) is 0 Å². The molecular formula is C14H27N3O2. The summed E-state index contributed by atoms with van der Waals surface area (Å²) < 4.78 is 5.33. The van der Waals surface area contributed by atoms with Crippen LogP contribution in [0.4, 0.5) is 0 Å². The first kappa shape index (κ1) is 14.8. The summed E-state index contributed by atoms with van der Waals surface area (Å²) in [6.07, 6.45) is 1.83. The summed E-state index contributed by atoms with van der Waals surface area (Å²) in [4.78, 5) is 16.8. The summed E-state index contributed by atoms with van der Waals surface area (Å²) in [6.45, 7) is 9.44. The molecule has 2 fully saturated rings. The third kappa shape index (κ3) is 3.68. The van der Waals surface area contributed by atoms with Gasteiger partial charge < -0.3 is 15.4 Å². The Labute approximate surface area is 116 Å². The van der Waals surface area contributed by atoms with Gasteiger partial charge in [0.25, 0.3) is 0 Å². The second kappa shape index (κ2) is 6.68. The largest absolute Gasteiger partial charge is 0.381 e. The molecule has 1 atom stereocenters. The van der Waals surface area contributed by atoms with E-state index in [0.29, 0.717) is 12.0 Å². The van der Waals surface area contributed by atoms with Crippen molar-refractivity contribution in [2.24, 2.45) is 11.7 Å². The van der Waals surface area contributed by atoms with Gasteiger partial charge in [0, 0.05) is 45.4 Å². The van der Waals surface area contributed by atoms with Crippen LogP contribution >= 0.6 is 0 Å². The van der Waals surface area contributed by atoms with Crippen LogP contribution in [0.1, 0.15) is 26.7 Å². The maximum atomic E-state index is 12.4. The molecule has 2 heterocycles. The van der Waals surface area contributed by atoms with E-state index in [-0.39, 0.29) is 11.9 Å². The van der Waals surface area contributed by atoms with Crippen LogP contribution in [0.5, 0.6) is 0 Å². The molecule has 0 aliphatic carbocycles. The van der Waals surface area contributed by atoms with Crippen LogP contribution in [0, 0.1) is 5.92 Å². The van der Waals surface area contributed by atoms with Gasteiger partial charge in [0.05, 0.1) is 6.04 Å². The van der Waals surface area contributed by atoms with Crippen LogP contribution in [0.15, 0.2) is 0 Å². The zero-order valence-corrected chi connectivity index (χ0v) is 12.2. The summed E-state index contributed by atoms with van der Waals surface area (Å²) in [5, 5.41) is 0. The molecule has 0 aromatic rings. The van der Waals surface area contributed by atoms with Gasteiger partial charge in [-0.15, -0.1) is 0 Å². The standard InChI is InChI=1S/C14H27N3O2/c1-11(2)16-5-7-17(8-6-16)14(18)13(15)12-3-9-19-10-4-12/h11-13H,3-10,15H2,1-2H3. The lowest BCUT2D eigenvalue weighted by Gasteiger charge is -2.39. The van der Waals surface area contributed by atoms with Crippen molar-refractivity contribution in [1.29, 1.82) is 0 Å². The van der Waals surface area contributed by atoms with Gasteiger partial charge in [0.15, 0.2) is 0 Å². The molecule has 1 amide bonds. The molecule has 110 valence electrons. The van der Waals surface area contributed by atoms with E-state index in [4.69, 9.17) is 10.5 Å². The minimum atomic E-state index is -0.338. The molecular weight excluding hydrogens is 242 g/mol. The van der Waals surface area contributed by atoms with Crippen molar-refractivity contribution in [3.05, 3.63) is 0 Å². The van der Waals surface area contributed by atoms with Crippen LogP contribution in [-0.4, -0.2) is 67.2 Å². The minimum Gasteiger partial charge on any atom is -0.381 e. The molecule has 19 heavy (non-hydrogen) atoms. The normalized spacial score (nSPS) is 24.7. The Bertz CT molecular complexity index is 295. The summed E-state index contributed by atoms with van der Waals surface area (Å²) in [6, 6.07) is 0.218. The van der Waals surface area contributed by atoms with Gasteiger partial charge >= 0.3 is 0 Å². The fraction of sp³-hybridized carbons (Fsp3) is 0.929. The van der Waals surface area contributed by atoms with Crippen molar-refractivity contribution in [2.75, 3.05) is 39.4 Å². The van der Waals surface area contributed by atoms with E-state index >= 15 is 0 Å². The van der Waals surface area contributed by atoms with E-state index in [0.717, 1.165) is 52.2 Å². The molecule has 0 spiro atoms. The van der Waals surface area contributed by atoms with E-state index in [1.54, 1.807) is 0 Å². The Kier molecular flexibility index (Phi) is 5.19. The average molecular weight is 269 g/mol. The zero-order chi connectivity index (χ0) is 13.8. The van der Waals surface area contributed by atoms with Crippen molar-refractivity contribution < 1.29 is 9.53 Å². The molecule has 0 aromatic carbocycles. The summed E-state index contributed by atoms with van der Waals surface area (Å²) >= 11 is 0. The topological polar surface area (TPSA) is 58.8 Å². The Hall–Kier alpha value is -0.650. The maximum Gasteiger partial charge on any atom is 0.239 e. The first-order chi connectivity index (χ1) is 9.09. The molecule has 5 heteroatoms. The van der Waals surface area contributed by atoms with E-state index in [2.05, 4.69) is 18.7 Å². The van der Waals surface area contributed by atoms with E-state index in [1.807, 2.05) is 4.90 Å². The lowest BCUT2D eigenvalue weighted by Crippen LogP contribution is -2.56. The third-order valence-electron chi connectivity index (χ3n) is 4.42. The van der Waals surface area contributed by atoms with Crippen molar-refractivity contribution >= 4 is 5.91 Å². The van der Waals surface area contributed by atoms with E-state index in [1.165, 1.54) is 0 Å².